The van der Waals surface area contributed by atoms with E-state index in [1.165, 1.54) is 4.90 Å². The summed E-state index contributed by atoms with van der Waals surface area (Å²) in [5.74, 6) is -0.969. The van der Waals surface area contributed by atoms with Gasteiger partial charge in [0.1, 0.15) is 5.75 Å². The van der Waals surface area contributed by atoms with Crippen LogP contribution < -0.4 is 14.7 Å². The molecule has 1 unspecified atom stereocenters. The van der Waals surface area contributed by atoms with Crippen molar-refractivity contribution in [2.24, 2.45) is 0 Å². The monoisotopic (exact) mass is 450 g/mol. The van der Waals surface area contributed by atoms with Crippen LogP contribution in [0.5, 0.6) is 5.75 Å². The molecule has 2 aromatic carbocycles. The van der Waals surface area contributed by atoms with Crippen LogP contribution in [0.4, 0.5) is 0 Å². The number of ether oxygens (including phenoxy) is 1. The van der Waals surface area contributed by atoms with E-state index in [4.69, 9.17) is 4.74 Å². The molecule has 0 aromatic heterocycles. The molecule has 33 heavy (non-hydrogen) atoms. The van der Waals surface area contributed by atoms with E-state index in [0.29, 0.717) is 25.3 Å². The third kappa shape index (κ3) is 5.45. The van der Waals surface area contributed by atoms with Gasteiger partial charge in [-0.3, -0.25) is 9.59 Å². The molecule has 176 valence electrons. The number of likely N-dealkylation sites (tertiary alicyclic amines) is 1. The highest BCUT2D eigenvalue weighted by molar-refractivity contribution is 6.46. The van der Waals surface area contributed by atoms with E-state index in [9.17, 15) is 14.7 Å². The van der Waals surface area contributed by atoms with Crippen molar-refractivity contribution < 1.29 is 24.3 Å². The summed E-state index contributed by atoms with van der Waals surface area (Å²) in [6.45, 7) is 11.8. The number of hydrogen-bond acceptors (Lipinski definition) is 4. The standard InChI is InChI=1S/C27H34N2O4/c1-5-18-33-22-14-12-20(13-15-22)24-23(25(30)21-10-8-19(4)9-11-21)26(31)27(32)29(24)17-16-28(6-2)7-3/h8-15,24,30H,5-7,16-18H2,1-4H3. The van der Waals surface area contributed by atoms with E-state index in [0.717, 1.165) is 36.4 Å². The summed E-state index contributed by atoms with van der Waals surface area (Å²) in [6, 6.07) is 13.8. The van der Waals surface area contributed by atoms with Crippen molar-refractivity contribution in [1.82, 2.24) is 4.90 Å². The van der Waals surface area contributed by atoms with Crippen LogP contribution in [0.3, 0.4) is 0 Å². The maximum Gasteiger partial charge on any atom is 0.295 e. The van der Waals surface area contributed by atoms with E-state index in [1.807, 2.05) is 50.2 Å². The molecule has 1 amide bonds. The van der Waals surface area contributed by atoms with Crippen LogP contribution in [0.1, 0.15) is 49.9 Å². The Morgan fingerprint density at radius 2 is 1.64 bits per heavy atom. The first-order valence-electron chi connectivity index (χ1n) is 11.8. The van der Waals surface area contributed by atoms with Crippen molar-refractivity contribution in [1.29, 1.82) is 0 Å². The molecule has 0 spiro atoms. The Labute approximate surface area is 196 Å². The Morgan fingerprint density at radius 1 is 1.00 bits per heavy atom. The molecule has 0 radical (unpaired) electrons. The number of Topliss-reactive ketones (excluding diaryl/α,β-unsaturated/α-hetero) is 1. The average Bonchev–Trinajstić information content (AvgIpc) is 3.08. The van der Waals surface area contributed by atoms with Crippen molar-refractivity contribution in [3.8, 4) is 5.75 Å². The van der Waals surface area contributed by atoms with Crippen molar-refractivity contribution in [2.45, 2.75) is 40.2 Å². The summed E-state index contributed by atoms with van der Waals surface area (Å²) >= 11 is 0. The average molecular weight is 451 g/mol. The molecule has 1 aliphatic rings. The lowest BCUT2D eigenvalue weighted by molar-refractivity contribution is -0.895. The van der Waals surface area contributed by atoms with Gasteiger partial charge in [0.05, 0.1) is 38.8 Å². The van der Waals surface area contributed by atoms with Gasteiger partial charge in [0.15, 0.2) is 0 Å². The highest BCUT2D eigenvalue weighted by atomic mass is 16.5. The molecule has 1 atom stereocenters. The number of carbonyl (C=O) groups excluding carboxylic acids is 2. The Morgan fingerprint density at radius 3 is 2.21 bits per heavy atom. The fraction of sp³-hybridized carbons (Fsp3) is 0.407. The molecular weight excluding hydrogens is 416 g/mol. The number of rotatable bonds is 10. The minimum Gasteiger partial charge on any atom is -0.872 e. The van der Waals surface area contributed by atoms with Crippen molar-refractivity contribution in [3.05, 3.63) is 70.8 Å². The van der Waals surface area contributed by atoms with Gasteiger partial charge in [-0.05, 0) is 50.5 Å². The quantitative estimate of drug-likeness (QED) is 0.341. The molecular formula is C27H34N2O4. The summed E-state index contributed by atoms with van der Waals surface area (Å²) in [7, 11) is 0. The van der Waals surface area contributed by atoms with Gasteiger partial charge in [0.2, 0.25) is 5.78 Å². The molecule has 2 aromatic rings. The number of quaternary nitrogens is 1. The molecule has 0 bridgehead atoms. The lowest BCUT2D eigenvalue weighted by Gasteiger charge is -2.28. The predicted molar refractivity (Wildman–Crippen MR) is 127 cm³/mol. The fourth-order valence-corrected chi connectivity index (χ4v) is 4.16. The number of carbonyl (C=O) groups is 2. The second kappa shape index (κ2) is 11.1. The number of nitrogens with one attached hydrogen (secondary N) is 1. The Hall–Kier alpha value is -3.12. The zero-order valence-corrected chi connectivity index (χ0v) is 20.0. The summed E-state index contributed by atoms with van der Waals surface area (Å²) in [6.07, 6.45) is 0.901. The minimum atomic E-state index is -0.702. The number of ketones is 1. The first kappa shape index (κ1) is 24.5. The number of likely N-dealkylation sites (N-methyl/N-ethyl adjacent to an activating group) is 1. The first-order chi connectivity index (χ1) is 15.9. The predicted octanol–water partition coefficient (Wildman–Crippen LogP) is 1.93. The van der Waals surface area contributed by atoms with Crippen molar-refractivity contribution in [3.63, 3.8) is 0 Å². The largest absolute Gasteiger partial charge is 0.872 e. The zero-order valence-electron chi connectivity index (χ0n) is 20.0. The van der Waals surface area contributed by atoms with Crippen LogP contribution in [0, 0.1) is 6.92 Å². The van der Waals surface area contributed by atoms with Crippen LogP contribution >= 0.6 is 0 Å². The molecule has 1 saturated heterocycles. The van der Waals surface area contributed by atoms with Gasteiger partial charge in [-0.1, -0.05) is 54.6 Å². The van der Waals surface area contributed by atoms with Crippen molar-refractivity contribution >= 4 is 17.4 Å². The van der Waals surface area contributed by atoms with Crippen LogP contribution in [0.25, 0.3) is 5.76 Å². The molecule has 1 N–H and O–H groups in total. The first-order valence-corrected chi connectivity index (χ1v) is 11.8. The molecule has 0 saturated carbocycles. The number of aryl methyl sites for hydroxylation is 1. The van der Waals surface area contributed by atoms with Gasteiger partial charge in [-0.15, -0.1) is 0 Å². The molecule has 0 aliphatic carbocycles. The summed E-state index contributed by atoms with van der Waals surface area (Å²) in [5.41, 5.74) is 2.21. The lowest BCUT2D eigenvalue weighted by Crippen LogP contribution is -3.12. The number of hydrogen-bond donors (Lipinski definition) is 1. The normalized spacial score (nSPS) is 17.7. The second-order valence-corrected chi connectivity index (χ2v) is 8.46. The van der Waals surface area contributed by atoms with Gasteiger partial charge in [0, 0.05) is 5.57 Å². The second-order valence-electron chi connectivity index (χ2n) is 8.46. The summed E-state index contributed by atoms with van der Waals surface area (Å²) in [5, 5.41) is 13.4. The van der Waals surface area contributed by atoms with Crippen molar-refractivity contribution in [2.75, 3.05) is 32.8 Å². The zero-order chi connectivity index (χ0) is 24.0. The van der Waals surface area contributed by atoms with Gasteiger partial charge in [0.25, 0.3) is 5.91 Å². The van der Waals surface area contributed by atoms with E-state index < -0.39 is 17.7 Å². The SMILES string of the molecule is CCCOc1ccc(C2C(=C([O-])c3ccc(C)cc3)C(=O)C(=O)N2CC[NH+](CC)CC)cc1. The third-order valence-corrected chi connectivity index (χ3v) is 6.22. The van der Waals surface area contributed by atoms with Gasteiger partial charge < -0.3 is 19.6 Å². The van der Waals surface area contributed by atoms with Gasteiger partial charge in [-0.25, -0.2) is 0 Å². The fourth-order valence-electron chi connectivity index (χ4n) is 4.16. The molecule has 1 fully saturated rings. The minimum absolute atomic E-state index is 0.0284. The highest BCUT2D eigenvalue weighted by Gasteiger charge is 2.44. The van der Waals surface area contributed by atoms with E-state index >= 15 is 0 Å². The Kier molecular flexibility index (Phi) is 8.28. The maximum atomic E-state index is 13.4. The van der Waals surface area contributed by atoms with E-state index in [2.05, 4.69) is 13.8 Å². The number of amides is 1. The third-order valence-electron chi connectivity index (χ3n) is 6.22. The molecule has 3 rings (SSSR count). The Balaban J connectivity index is 2.04. The molecule has 1 aliphatic heterocycles. The van der Waals surface area contributed by atoms with Crippen LogP contribution in [-0.4, -0.2) is 49.4 Å². The Bertz CT molecular complexity index is 992. The van der Waals surface area contributed by atoms with Gasteiger partial charge in [-0.2, -0.15) is 0 Å². The van der Waals surface area contributed by atoms with E-state index in [-0.39, 0.29) is 11.3 Å². The van der Waals surface area contributed by atoms with Crippen LogP contribution in [-0.2, 0) is 9.59 Å². The summed E-state index contributed by atoms with van der Waals surface area (Å²) < 4.78 is 5.68. The van der Waals surface area contributed by atoms with Crippen LogP contribution in [0.2, 0.25) is 0 Å². The number of benzene rings is 2. The lowest BCUT2D eigenvalue weighted by atomic mass is 9.95. The smallest absolute Gasteiger partial charge is 0.295 e. The number of nitrogens with zero attached hydrogens (tertiary/aromatic N) is 1. The van der Waals surface area contributed by atoms with Gasteiger partial charge >= 0.3 is 0 Å². The summed E-state index contributed by atoms with van der Waals surface area (Å²) in [4.78, 5) is 29.0. The topological polar surface area (TPSA) is 74.1 Å². The highest BCUT2D eigenvalue weighted by Crippen LogP contribution is 2.38. The van der Waals surface area contributed by atoms with E-state index in [1.54, 1.807) is 17.0 Å². The molecule has 1 heterocycles. The molecule has 6 heteroatoms. The van der Waals surface area contributed by atoms with Crippen LogP contribution in [0.15, 0.2) is 54.1 Å². The molecule has 6 nitrogen and oxygen atoms in total. The maximum absolute atomic E-state index is 13.4.